The molecule has 2 heterocycles. The van der Waals surface area contributed by atoms with E-state index in [4.69, 9.17) is 14.4 Å². The summed E-state index contributed by atoms with van der Waals surface area (Å²) in [6.07, 6.45) is 0. The lowest BCUT2D eigenvalue weighted by Crippen LogP contribution is -2.14. The van der Waals surface area contributed by atoms with E-state index in [2.05, 4.69) is 86.6 Å². The third kappa shape index (κ3) is 3.37. The highest BCUT2D eigenvalue weighted by molar-refractivity contribution is 6.10. The summed E-state index contributed by atoms with van der Waals surface area (Å²) in [5, 5.41) is 1.97. The zero-order chi connectivity index (χ0) is 26.8. The van der Waals surface area contributed by atoms with E-state index in [9.17, 15) is 0 Å². The molecule has 0 unspecified atom stereocenters. The molecule has 8 rings (SSSR count). The molecule has 0 amide bonds. The van der Waals surface area contributed by atoms with Crippen LogP contribution in [-0.4, -0.2) is 9.97 Å². The smallest absolute Gasteiger partial charge is 0.231 e. The number of furan rings is 1. The van der Waals surface area contributed by atoms with Crippen LogP contribution in [-0.2, 0) is 5.41 Å². The van der Waals surface area contributed by atoms with Gasteiger partial charge in [0, 0.05) is 21.9 Å². The number of rotatable bonds is 3. The van der Waals surface area contributed by atoms with Gasteiger partial charge in [0.25, 0.3) is 0 Å². The summed E-state index contributed by atoms with van der Waals surface area (Å²) < 4.78 is 6.21. The minimum absolute atomic E-state index is 0.0232. The average molecular weight is 515 g/mol. The van der Waals surface area contributed by atoms with Gasteiger partial charge in [-0.05, 0) is 45.5 Å². The van der Waals surface area contributed by atoms with Crippen molar-refractivity contribution >= 4 is 22.1 Å². The van der Waals surface area contributed by atoms with E-state index in [1.807, 2.05) is 48.5 Å². The number of hydrogen-bond donors (Lipinski definition) is 0. The van der Waals surface area contributed by atoms with Gasteiger partial charge in [0.2, 0.25) is 5.71 Å². The summed E-state index contributed by atoms with van der Waals surface area (Å²) in [4.78, 5) is 9.90. The van der Waals surface area contributed by atoms with Gasteiger partial charge in [-0.15, -0.1) is 0 Å². The van der Waals surface area contributed by atoms with Gasteiger partial charge >= 0.3 is 0 Å². The minimum atomic E-state index is -0.0232. The molecular weight excluding hydrogens is 488 g/mol. The molecule has 0 radical (unpaired) electrons. The summed E-state index contributed by atoms with van der Waals surface area (Å²) in [6, 6.07) is 42.6. The first-order valence-electron chi connectivity index (χ1n) is 13.7. The van der Waals surface area contributed by atoms with Gasteiger partial charge in [-0.3, -0.25) is 0 Å². The molecule has 40 heavy (non-hydrogen) atoms. The van der Waals surface area contributed by atoms with E-state index in [-0.39, 0.29) is 5.41 Å². The average Bonchev–Trinajstić information content (AvgIpc) is 3.49. The molecule has 3 nitrogen and oxygen atoms in total. The van der Waals surface area contributed by atoms with Gasteiger partial charge in [0.05, 0.1) is 11.1 Å². The van der Waals surface area contributed by atoms with Gasteiger partial charge in [0.15, 0.2) is 5.82 Å². The maximum Gasteiger partial charge on any atom is 0.231 e. The van der Waals surface area contributed by atoms with Crippen molar-refractivity contribution < 1.29 is 4.42 Å². The highest BCUT2D eigenvalue weighted by Crippen LogP contribution is 2.49. The van der Waals surface area contributed by atoms with Crippen LogP contribution in [0.15, 0.2) is 126 Å². The fourth-order valence-electron chi connectivity index (χ4n) is 6.25. The summed E-state index contributed by atoms with van der Waals surface area (Å²) in [5.41, 5.74) is 12.1. The topological polar surface area (TPSA) is 38.9 Å². The Hall–Kier alpha value is -5.02. The van der Waals surface area contributed by atoms with E-state index in [1.54, 1.807) is 0 Å². The Morgan fingerprint density at radius 2 is 1.23 bits per heavy atom. The second-order valence-electron chi connectivity index (χ2n) is 11.0. The zero-order valence-electron chi connectivity index (χ0n) is 22.3. The third-order valence-corrected chi connectivity index (χ3v) is 8.35. The maximum atomic E-state index is 6.21. The molecule has 1 aliphatic carbocycles. The second-order valence-corrected chi connectivity index (χ2v) is 11.0. The molecule has 3 heteroatoms. The van der Waals surface area contributed by atoms with Crippen LogP contribution < -0.4 is 0 Å². The monoisotopic (exact) mass is 514 g/mol. The minimum Gasteiger partial charge on any atom is -0.438 e. The van der Waals surface area contributed by atoms with Crippen LogP contribution in [0.2, 0.25) is 0 Å². The molecule has 1 aliphatic rings. The number of benzene rings is 5. The summed E-state index contributed by atoms with van der Waals surface area (Å²) in [7, 11) is 0. The molecule has 0 saturated heterocycles. The summed E-state index contributed by atoms with van der Waals surface area (Å²) in [6.45, 7) is 4.65. The largest absolute Gasteiger partial charge is 0.438 e. The first-order chi connectivity index (χ1) is 19.6. The van der Waals surface area contributed by atoms with Crippen LogP contribution in [0.3, 0.4) is 0 Å². The molecule has 0 atom stereocenters. The predicted molar refractivity (Wildman–Crippen MR) is 163 cm³/mol. The molecule has 0 spiro atoms. The number of fused-ring (bicyclic) bond motifs is 6. The molecule has 190 valence electrons. The maximum absolute atomic E-state index is 6.21. The fourth-order valence-corrected chi connectivity index (χ4v) is 6.25. The molecular formula is C37H26N2O. The van der Waals surface area contributed by atoms with Gasteiger partial charge in [-0.2, -0.15) is 4.98 Å². The van der Waals surface area contributed by atoms with Crippen molar-refractivity contribution in [1.29, 1.82) is 0 Å². The Morgan fingerprint density at radius 1 is 0.550 bits per heavy atom. The van der Waals surface area contributed by atoms with E-state index < -0.39 is 0 Å². The van der Waals surface area contributed by atoms with Gasteiger partial charge < -0.3 is 4.42 Å². The third-order valence-electron chi connectivity index (χ3n) is 8.35. The fraction of sp³-hybridized carbons (Fsp3) is 0.0811. The van der Waals surface area contributed by atoms with Crippen molar-refractivity contribution in [3.05, 3.63) is 132 Å². The van der Waals surface area contributed by atoms with Crippen molar-refractivity contribution in [3.8, 4) is 44.9 Å². The van der Waals surface area contributed by atoms with E-state index in [0.717, 1.165) is 33.2 Å². The van der Waals surface area contributed by atoms with Crippen LogP contribution in [0.4, 0.5) is 0 Å². The predicted octanol–water partition coefficient (Wildman–Crippen LogP) is 9.68. The van der Waals surface area contributed by atoms with Gasteiger partial charge in [-0.25, -0.2) is 4.98 Å². The number of nitrogens with zero attached hydrogens (tertiary/aromatic N) is 2. The number of para-hydroxylation sites is 1. The zero-order valence-corrected chi connectivity index (χ0v) is 22.3. The molecule has 7 aromatic rings. The van der Waals surface area contributed by atoms with Crippen LogP contribution in [0, 0.1) is 0 Å². The second kappa shape index (κ2) is 8.49. The van der Waals surface area contributed by atoms with Crippen molar-refractivity contribution in [2.45, 2.75) is 19.3 Å². The lowest BCUT2D eigenvalue weighted by molar-refractivity contribution is 0.653. The molecule has 0 saturated carbocycles. The highest BCUT2D eigenvalue weighted by atomic mass is 16.3. The van der Waals surface area contributed by atoms with Crippen molar-refractivity contribution in [2.24, 2.45) is 0 Å². The normalized spacial score (nSPS) is 13.4. The van der Waals surface area contributed by atoms with Crippen molar-refractivity contribution in [1.82, 2.24) is 9.97 Å². The van der Waals surface area contributed by atoms with Crippen LogP contribution in [0.1, 0.15) is 25.0 Å². The number of hydrogen-bond acceptors (Lipinski definition) is 3. The first kappa shape index (κ1) is 22.9. The van der Waals surface area contributed by atoms with Crippen LogP contribution in [0.25, 0.3) is 67.0 Å². The highest BCUT2D eigenvalue weighted by Gasteiger charge is 2.35. The first-order valence-corrected chi connectivity index (χ1v) is 13.7. The number of aromatic nitrogens is 2. The molecule has 5 aromatic carbocycles. The van der Waals surface area contributed by atoms with Gasteiger partial charge in [-0.1, -0.05) is 123 Å². The lowest BCUT2D eigenvalue weighted by Gasteiger charge is -2.22. The Labute approximate surface area is 232 Å². The lowest BCUT2D eigenvalue weighted by atomic mass is 9.81. The van der Waals surface area contributed by atoms with Crippen molar-refractivity contribution in [3.63, 3.8) is 0 Å². The van der Waals surface area contributed by atoms with Crippen LogP contribution >= 0.6 is 0 Å². The SMILES string of the molecule is CC1(C)c2ccccc2-c2ccc(-c3ccc(-c4nc(-c5ccccc5)nc5oc6ccccc6c45)cc3)cc21. The summed E-state index contributed by atoms with van der Waals surface area (Å²) >= 11 is 0. The summed E-state index contributed by atoms with van der Waals surface area (Å²) in [5.74, 6) is 0.659. The molecule has 0 N–H and O–H groups in total. The van der Waals surface area contributed by atoms with Crippen LogP contribution in [0.5, 0.6) is 0 Å². The van der Waals surface area contributed by atoms with E-state index in [1.165, 1.54) is 33.4 Å². The Bertz CT molecular complexity index is 2070. The Kier molecular flexibility index (Phi) is 4.86. The van der Waals surface area contributed by atoms with E-state index in [0.29, 0.717) is 11.5 Å². The van der Waals surface area contributed by atoms with E-state index >= 15 is 0 Å². The van der Waals surface area contributed by atoms with Crippen molar-refractivity contribution in [2.75, 3.05) is 0 Å². The van der Waals surface area contributed by atoms with Gasteiger partial charge in [0.1, 0.15) is 5.58 Å². The molecule has 0 aliphatic heterocycles. The molecule has 2 aromatic heterocycles. The molecule has 0 fully saturated rings. The molecule has 0 bridgehead atoms. The Balaban J connectivity index is 1.25. The standard InChI is InChI=1S/C37H26N2O/c1-37(2)30-14-8-6-12-27(30)28-21-20-26(22-31(28)37)23-16-18-24(19-17-23)34-33-29-13-7-9-15-32(29)40-36(33)39-35(38-34)25-10-4-3-5-11-25/h3-22H,1-2H3. The quantitative estimate of drug-likeness (QED) is 0.236. The Morgan fingerprint density at radius 3 is 2.08 bits per heavy atom.